The van der Waals surface area contributed by atoms with Crippen molar-refractivity contribution in [2.75, 3.05) is 5.75 Å². The summed E-state index contributed by atoms with van der Waals surface area (Å²) in [4.78, 5) is 11.2. The van der Waals surface area contributed by atoms with E-state index < -0.39 is 0 Å². The van der Waals surface area contributed by atoms with Gasteiger partial charge in [0.15, 0.2) is 0 Å². The molecule has 72 valence electrons. The van der Waals surface area contributed by atoms with E-state index in [1.807, 2.05) is 25.1 Å². The van der Waals surface area contributed by atoms with Crippen molar-refractivity contribution in [3.63, 3.8) is 0 Å². The Hall–Kier alpha value is -1.27. The summed E-state index contributed by atoms with van der Waals surface area (Å²) in [6.07, 6.45) is 0.300. The van der Waals surface area contributed by atoms with Gasteiger partial charge < -0.3 is 0 Å². The van der Waals surface area contributed by atoms with Crippen molar-refractivity contribution in [1.29, 1.82) is 5.26 Å². The summed E-state index contributed by atoms with van der Waals surface area (Å²) in [5.41, 5.74) is 2.33. The monoisotopic (exact) mass is 205 g/mol. The zero-order valence-corrected chi connectivity index (χ0v) is 8.84. The highest BCUT2D eigenvalue weighted by atomic mass is 32.1. The molecule has 0 unspecified atom stereocenters. The summed E-state index contributed by atoms with van der Waals surface area (Å²) in [5, 5.41) is 8.90. The average Bonchev–Trinajstić information content (AvgIpc) is 2.18. The fourth-order valence-corrected chi connectivity index (χ4v) is 1.42. The Morgan fingerprint density at radius 2 is 2.29 bits per heavy atom. The molecular formula is C11H11NOS. The van der Waals surface area contributed by atoms with Gasteiger partial charge >= 0.3 is 0 Å². The van der Waals surface area contributed by atoms with E-state index >= 15 is 0 Å². The molecule has 14 heavy (non-hydrogen) atoms. The number of rotatable bonds is 3. The number of carbonyl (C=O) groups is 1. The number of ketones is 1. The van der Waals surface area contributed by atoms with Crippen LogP contribution in [0.25, 0.3) is 0 Å². The van der Waals surface area contributed by atoms with E-state index in [4.69, 9.17) is 5.26 Å². The van der Waals surface area contributed by atoms with E-state index in [-0.39, 0.29) is 11.5 Å². The first-order chi connectivity index (χ1) is 6.69. The Balaban J connectivity index is 3.04. The largest absolute Gasteiger partial charge is 0.298 e. The van der Waals surface area contributed by atoms with Gasteiger partial charge in [0.25, 0.3) is 0 Å². The van der Waals surface area contributed by atoms with Gasteiger partial charge in [-0.25, -0.2) is 0 Å². The number of hydrogen-bond donors (Lipinski definition) is 1. The Kier molecular flexibility index (Phi) is 3.73. The Morgan fingerprint density at radius 3 is 2.86 bits per heavy atom. The number of thiol groups is 1. The molecule has 0 aliphatic rings. The summed E-state index contributed by atoms with van der Waals surface area (Å²) >= 11 is 3.90. The molecule has 1 rings (SSSR count). The van der Waals surface area contributed by atoms with Gasteiger partial charge in [-0.05, 0) is 18.1 Å². The molecule has 0 bridgehead atoms. The predicted molar refractivity (Wildman–Crippen MR) is 58.5 cm³/mol. The third-order valence-electron chi connectivity index (χ3n) is 2.03. The Labute approximate surface area is 89.0 Å². The average molecular weight is 205 g/mol. The summed E-state index contributed by atoms with van der Waals surface area (Å²) < 4.78 is 0. The highest BCUT2D eigenvalue weighted by molar-refractivity contribution is 7.81. The molecule has 0 atom stereocenters. The van der Waals surface area contributed by atoms with Crippen LogP contribution < -0.4 is 0 Å². The SMILES string of the molecule is Cc1cccc(CC(=O)CS)c1C#N. The third-order valence-corrected chi connectivity index (χ3v) is 2.39. The number of benzene rings is 1. The van der Waals surface area contributed by atoms with Gasteiger partial charge in [-0.1, -0.05) is 18.2 Å². The normalized spacial score (nSPS) is 9.50. The Morgan fingerprint density at radius 1 is 1.57 bits per heavy atom. The smallest absolute Gasteiger partial charge is 0.146 e. The molecule has 0 saturated carbocycles. The number of Topliss-reactive ketones (excluding diaryl/α,β-unsaturated/α-hetero) is 1. The van der Waals surface area contributed by atoms with Crippen molar-refractivity contribution >= 4 is 18.4 Å². The van der Waals surface area contributed by atoms with E-state index in [2.05, 4.69) is 18.7 Å². The maximum absolute atomic E-state index is 11.2. The van der Waals surface area contributed by atoms with Gasteiger partial charge in [0, 0.05) is 12.2 Å². The minimum absolute atomic E-state index is 0.0374. The number of carbonyl (C=O) groups excluding carboxylic acids is 1. The minimum Gasteiger partial charge on any atom is -0.298 e. The maximum Gasteiger partial charge on any atom is 0.146 e. The summed E-state index contributed by atoms with van der Waals surface area (Å²) in [6.45, 7) is 1.87. The third kappa shape index (κ3) is 2.36. The molecule has 3 heteroatoms. The van der Waals surface area contributed by atoms with Crippen LogP contribution in [0, 0.1) is 18.3 Å². The van der Waals surface area contributed by atoms with Crippen molar-refractivity contribution < 1.29 is 4.79 Å². The highest BCUT2D eigenvalue weighted by Crippen LogP contribution is 2.13. The first-order valence-electron chi connectivity index (χ1n) is 4.30. The number of hydrogen-bond acceptors (Lipinski definition) is 3. The van der Waals surface area contributed by atoms with Crippen LogP contribution >= 0.6 is 12.6 Å². The van der Waals surface area contributed by atoms with E-state index in [0.29, 0.717) is 12.0 Å². The molecule has 0 heterocycles. The first kappa shape index (κ1) is 10.8. The fraction of sp³-hybridized carbons (Fsp3) is 0.273. The van der Waals surface area contributed by atoms with Crippen molar-refractivity contribution in [2.45, 2.75) is 13.3 Å². The molecular weight excluding hydrogens is 194 g/mol. The van der Waals surface area contributed by atoms with Crippen molar-refractivity contribution in [2.24, 2.45) is 0 Å². The lowest BCUT2D eigenvalue weighted by atomic mass is 9.99. The van der Waals surface area contributed by atoms with E-state index in [1.54, 1.807) is 0 Å². The first-order valence-corrected chi connectivity index (χ1v) is 4.93. The van der Waals surface area contributed by atoms with Crippen LogP contribution in [0.2, 0.25) is 0 Å². The molecule has 0 amide bonds. The number of nitrogens with zero attached hydrogens (tertiary/aromatic N) is 1. The quantitative estimate of drug-likeness (QED) is 0.766. The summed E-state index contributed by atoms with van der Waals surface area (Å²) in [5.74, 6) is 0.258. The lowest BCUT2D eigenvalue weighted by Gasteiger charge is -2.04. The van der Waals surface area contributed by atoms with Crippen LogP contribution in [0.3, 0.4) is 0 Å². The molecule has 0 aliphatic heterocycles. The summed E-state index contributed by atoms with van der Waals surface area (Å²) in [7, 11) is 0. The Bertz CT molecular complexity index is 393. The van der Waals surface area contributed by atoms with Gasteiger partial charge in [-0.3, -0.25) is 4.79 Å². The van der Waals surface area contributed by atoms with Crippen LogP contribution in [0.4, 0.5) is 0 Å². The van der Waals surface area contributed by atoms with Crippen molar-refractivity contribution in [3.05, 3.63) is 34.9 Å². The van der Waals surface area contributed by atoms with Gasteiger partial charge in [0.2, 0.25) is 0 Å². The van der Waals surface area contributed by atoms with E-state index in [9.17, 15) is 4.79 Å². The molecule has 0 N–H and O–H groups in total. The highest BCUT2D eigenvalue weighted by Gasteiger charge is 2.08. The van der Waals surface area contributed by atoms with Crippen molar-refractivity contribution in [1.82, 2.24) is 0 Å². The number of aryl methyl sites for hydroxylation is 1. The van der Waals surface area contributed by atoms with Crippen LogP contribution in [-0.2, 0) is 11.2 Å². The van der Waals surface area contributed by atoms with Crippen LogP contribution in [0.1, 0.15) is 16.7 Å². The maximum atomic E-state index is 11.2. The lowest BCUT2D eigenvalue weighted by Crippen LogP contribution is -2.06. The lowest BCUT2D eigenvalue weighted by molar-refractivity contribution is -0.115. The van der Waals surface area contributed by atoms with Gasteiger partial charge in [-0.15, -0.1) is 0 Å². The second kappa shape index (κ2) is 4.83. The van der Waals surface area contributed by atoms with Gasteiger partial charge in [-0.2, -0.15) is 17.9 Å². The predicted octanol–water partition coefficient (Wildman–Crippen LogP) is 1.91. The topological polar surface area (TPSA) is 40.9 Å². The minimum atomic E-state index is 0.0374. The molecule has 0 fully saturated rings. The second-order valence-electron chi connectivity index (χ2n) is 3.09. The number of nitriles is 1. The molecule has 2 nitrogen and oxygen atoms in total. The van der Waals surface area contributed by atoms with Crippen molar-refractivity contribution in [3.8, 4) is 6.07 Å². The zero-order chi connectivity index (χ0) is 10.6. The summed E-state index contributed by atoms with van der Waals surface area (Å²) in [6, 6.07) is 7.66. The molecule has 0 aromatic heterocycles. The molecule has 0 saturated heterocycles. The van der Waals surface area contributed by atoms with Gasteiger partial charge in [0.05, 0.1) is 11.6 Å². The molecule has 0 aliphatic carbocycles. The fourth-order valence-electron chi connectivity index (χ4n) is 1.30. The molecule has 0 spiro atoms. The molecule has 1 aromatic rings. The standard InChI is InChI=1S/C11H11NOS/c1-8-3-2-4-9(11(8)6-12)5-10(13)7-14/h2-4,14H,5,7H2,1H3. The molecule has 0 radical (unpaired) electrons. The van der Waals surface area contributed by atoms with Crippen LogP contribution in [0.5, 0.6) is 0 Å². The van der Waals surface area contributed by atoms with Crippen LogP contribution in [-0.4, -0.2) is 11.5 Å². The van der Waals surface area contributed by atoms with Crippen LogP contribution in [0.15, 0.2) is 18.2 Å². The second-order valence-corrected chi connectivity index (χ2v) is 3.41. The van der Waals surface area contributed by atoms with Gasteiger partial charge in [0.1, 0.15) is 5.78 Å². The zero-order valence-electron chi connectivity index (χ0n) is 7.95. The molecule has 1 aromatic carbocycles. The van der Waals surface area contributed by atoms with E-state index in [1.165, 1.54) is 0 Å². The van der Waals surface area contributed by atoms with E-state index in [0.717, 1.165) is 11.1 Å².